The van der Waals surface area contributed by atoms with Gasteiger partial charge >= 0.3 is 0 Å². The minimum Gasteiger partial charge on any atom is -0.353 e. The van der Waals surface area contributed by atoms with Crippen molar-refractivity contribution in [2.45, 2.75) is 64.3 Å². The molecule has 1 aliphatic rings. The molecule has 1 aromatic rings. The molecule has 2 rings (SSSR count). The number of carbonyl (C=O) groups is 2. The van der Waals surface area contributed by atoms with Crippen LogP contribution < -0.4 is 10.6 Å². The van der Waals surface area contributed by atoms with Crippen molar-refractivity contribution in [1.29, 1.82) is 0 Å². The average Bonchev–Trinajstić information content (AvgIpc) is 3.08. The Hall–Kier alpha value is -1.50. The molecule has 0 spiro atoms. The van der Waals surface area contributed by atoms with Crippen LogP contribution in [0.4, 0.5) is 5.13 Å². The standard InChI is InChI=1S/C14H22N4O2S/c1-9(2)13-17-18-14(21-13)16-12(20)8-7-11(19)15-10-5-3-4-6-10/h9-10H,3-8H2,1-2H3,(H,15,19)(H,16,18,20). The molecule has 116 valence electrons. The molecule has 1 heterocycles. The molecule has 0 atom stereocenters. The van der Waals surface area contributed by atoms with Gasteiger partial charge in [0.2, 0.25) is 16.9 Å². The average molecular weight is 310 g/mol. The van der Waals surface area contributed by atoms with Crippen LogP contribution in [0, 0.1) is 0 Å². The molecule has 7 heteroatoms. The van der Waals surface area contributed by atoms with Crippen LogP contribution in [0.1, 0.15) is 63.3 Å². The van der Waals surface area contributed by atoms with Crippen molar-refractivity contribution < 1.29 is 9.59 Å². The van der Waals surface area contributed by atoms with Crippen molar-refractivity contribution in [3.8, 4) is 0 Å². The molecule has 1 aliphatic carbocycles. The van der Waals surface area contributed by atoms with E-state index in [1.54, 1.807) is 0 Å². The van der Waals surface area contributed by atoms with Crippen molar-refractivity contribution in [3.05, 3.63) is 5.01 Å². The van der Waals surface area contributed by atoms with Crippen LogP contribution >= 0.6 is 11.3 Å². The normalized spacial score (nSPS) is 15.4. The fourth-order valence-electron chi connectivity index (χ4n) is 2.30. The summed E-state index contributed by atoms with van der Waals surface area (Å²) in [6.45, 7) is 4.05. The molecule has 1 aromatic heterocycles. The highest BCUT2D eigenvalue weighted by atomic mass is 32.1. The molecule has 6 nitrogen and oxygen atoms in total. The number of nitrogens with one attached hydrogen (secondary N) is 2. The fourth-order valence-corrected chi connectivity index (χ4v) is 3.06. The lowest BCUT2D eigenvalue weighted by atomic mass is 10.2. The van der Waals surface area contributed by atoms with Gasteiger partial charge in [0.25, 0.3) is 0 Å². The number of hydrogen-bond donors (Lipinski definition) is 2. The summed E-state index contributed by atoms with van der Waals surface area (Å²) >= 11 is 1.38. The van der Waals surface area contributed by atoms with E-state index in [9.17, 15) is 9.59 Å². The molecule has 2 N–H and O–H groups in total. The summed E-state index contributed by atoms with van der Waals surface area (Å²) < 4.78 is 0. The number of rotatable bonds is 6. The third kappa shape index (κ3) is 5.08. The molecule has 0 aliphatic heterocycles. The number of carbonyl (C=O) groups excluding carboxylic acids is 2. The van der Waals surface area contributed by atoms with E-state index in [0.717, 1.165) is 17.8 Å². The first-order valence-electron chi connectivity index (χ1n) is 7.47. The largest absolute Gasteiger partial charge is 0.353 e. The molecule has 2 amide bonds. The molecule has 1 saturated carbocycles. The summed E-state index contributed by atoms with van der Waals surface area (Å²) in [6.07, 6.45) is 4.87. The maximum absolute atomic E-state index is 11.8. The zero-order valence-corrected chi connectivity index (χ0v) is 13.3. The Bertz CT molecular complexity index is 495. The summed E-state index contributed by atoms with van der Waals surface area (Å²) in [7, 11) is 0. The van der Waals surface area contributed by atoms with Crippen LogP contribution in [0.15, 0.2) is 0 Å². The second-order valence-corrected chi connectivity index (χ2v) is 6.71. The van der Waals surface area contributed by atoms with Gasteiger partial charge in [-0.1, -0.05) is 38.0 Å². The Morgan fingerprint density at radius 2 is 1.86 bits per heavy atom. The van der Waals surface area contributed by atoms with Gasteiger partial charge in [0.05, 0.1) is 0 Å². The van der Waals surface area contributed by atoms with Crippen LogP contribution in [-0.4, -0.2) is 28.1 Å². The van der Waals surface area contributed by atoms with Crippen LogP contribution in [0.25, 0.3) is 0 Å². The van der Waals surface area contributed by atoms with Gasteiger partial charge in [0, 0.05) is 24.8 Å². The third-order valence-electron chi connectivity index (χ3n) is 3.48. The molecule has 1 fully saturated rings. The summed E-state index contributed by atoms with van der Waals surface area (Å²) in [4.78, 5) is 23.5. The third-order valence-corrected chi connectivity index (χ3v) is 4.62. The van der Waals surface area contributed by atoms with Crippen LogP contribution in [0.2, 0.25) is 0 Å². The van der Waals surface area contributed by atoms with Gasteiger partial charge in [-0.3, -0.25) is 9.59 Å². The lowest BCUT2D eigenvalue weighted by Gasteiger charge is -2.11. The van der Waals surface area contributed by atoms with E-state index in [1.165, 1.54) is 24.2 Å². The first kappa shape index (κ1) is 15.9. The lowest BCUT2D eigenvalue weighted by molar-refractivity contribution is -0.124. The fraction of sp³-hybridized carbons (Fsp3) is 0.714. The van der Waals surface area contributed by atoms with Gasteiger partial charge in [0.15, 0.2) is 0 Å². The van der Waals surface area contributed by atoms with Crippen molar-refractivity contribution in [2.24, 2.45) is 0 Å². The zero-order chi connectivity index (χ0) is 15.2. The van der Waals surface area contributed by atoms with Crippen molar-refractivity contribution in [1.82, 2.24) is 15.5 Å². The van der Waals surface area contributed by atoms with Crippen LogP contribution in [0.3, 0.4) is 0 Å². The van der Waals surface area contributed by atoms with Crippen molar-refractivity contribution in [2.75, 3.05) is 5.32 Å². The first-order chi connectivity index (χ1) is 10.0. The number of anilines is 1. The predicted octanol–water partition coefficient (Wildman–Crippen LogP) is 2.44. The smallest absolute Gasteiger partial charge is 0.226 e. The van der Waals surface area contributed by atoms with E-state index < -0.39 is 0 Å². The van der Waals surface area contributed by atoms with Gasteiger partial charge < -0.3 is 10.6 Å². The van der Waals surface area contributed by atoms with E-state index in [0.29, 0.717) is 17.1 Å². The molecule has 0 saturated heterocycles. The molecule has 0 unspecified atom stereocenters. The molecule has 0 bridgehead atoms. The van der Waals surface area contributed by atoms with Gasteiger partial charge in [0.1, 0.15) is 5.01 Å². The molecule has 0 aromatic carbocycles. The second-order valence-electron chi connectivity index (χ2n) is 5.70. The van der Waals surface area contributed by atoms with Gasteiger partial charge in [-0.25, -0.2) is 0 Å². The zero-order valence-electron chi connectivity index (χ0n) is 12.5. The summed E-state index contributed by atoms with van der Waals surface area (Å²) in [6, 6.07) is 0.303. The van der Waals surface area contributed by atoms with Gasteiger partial charge in [-0.15, -0.1) is 10.2 Å². The highest BCUT2D eigenvalue weighted by Gasteiger charge is 2.18. The minimum atomic E-state index is -0.192. The Morgan fingerprint density at radius 3 is 2.48 bits per heavy atom. The number of hydrogen-bond acceptors (Lipinski definition) is 5. The number of nitrogens with zero attached hydrogens (tertiary/aromatic N) is 2. The SMILES string of the molecule is CC(C)c1nnc(NC(=O)CCC(=O)NC2CCCC2)s1. The van der Waals surface area contributed by atoms with Crippen molar-refractivity contribution >= 4 is 28.3 Å². The molecular formula is C14H22N4O2S. The van der Waals surface area contributed by atoms with Gasteiger partial charge in [-0.2, -0.15) is 0 Å². The Kier molecular flexibility index (Phi) is 5.67. The summed E-state index contributed by atoms with van der Waals surface area (Å²) in [5.74, 6) is 0.0607. The van der Waals surface area contributed by atoms with E-state index >= 15 is 0 Å². The quantitative estimate of drug-likeness (QED) is 0.845. The maximum Gasteiger partial charge on any atom is 0.226 e. The molecule has 21 heavy (non-hydrogen) atoms. The molecule has 0 radical (unpaired) electrons. The molecular weight excluding hydrogens is 288 g/mol. The van der Waals surface area contributed by atoms with E-state index in [4.69, 9.17) is 0 Å². The van der Waals surface area contributed by atoms with Gasteiger partial charge in [-0.05, 0) is 12.8 Å². The monoisotopic (exact) mass is 310 g/mol. The first-order valence-corrected chi connectivity index (χ1v) is 8.29. The topological polar surface area (TPSA) is 84.0 Å². The van der Waals surface area contributed by atoms with E-state index in [2.05, 4.69) is 20.8 Å². The highest BCUT2D eigenvalue weighted by molar-refractivity contribution is 7.15. The van der Waals surface area contributed by atoms with Crippen molar-refractivity contribution in [3.63, 3.8) is 0 Å². The van der Waals surface area contributed by atoms with E-state index in [-0.39, 0.29) is 24.7 Å². The number of amides is 2. The maximum atomic E-state index is 11.8. The Balaban J connectivity index is 1.69. The van der Waals surface area contributed by atoms with Crippen LogP contribution in [-0.2, 0) is 9.59 Å². The van der Waals surface area contributed by atoms with E-state index in [1.807, 2.05) is 13.8 Å². The predicted molar refractivity (Wildman–Crippen MR) is 82.3 cm³/mol. The Labute approximate surface area is 128 Å². The Morgan fingerprint density at radius 1 is 1.19 bits per heavy atom. The summed E-state index contributed by atoms with van der Waals surface area (Å²) in [5.41, 5.74) is 0. The van der Waals surface area contributed by atoms with Crippen LogP contribution in [0.5, 0.6) is 0 Å². The summed E-state index contributed by atoms with van der Waals surface area (Å²) in [5, 5.41) is 15.0. The minimum absolute atomic E-state index is 0.0443. The highest BCUT2D eigenvalue weighted by Crippen LogP contribution is 2.22. The number of aromatic nitrogens is 2. The second kappa shape index (κ2) is 7.49. The lowest BCUT2D eigenvalue weighted by Crippen LogP contribution is -2.33.